The number of benzene rings is 2. The van der Waals surface area contributed by atoms with Crippen molar-refractivity contribution < 1.29 is 4.74 Å². The first-order chi connectivity index (χ1) is 10.3. The molecule has 1 N–H and O–H groups in total. The lowest BCUT2D eigenvalue weighted by molar-refractivity contribution is 0.308. The Bertz CT molecular complexity index is 555. The maximum Gasteiger partial charge on any atom is 0.119 e. The van der Waals surface area contributed by atoms with E-state index in [0.717, 1.165) is 31.4 Å². The van der Waals surface area contributed by atoms with E-state index in [1.165, 1.54) is 29.5 Å². The average molecular weight is 281 g/mol. The normalized spacial score (nSPS) is 14.1. The van der Waals surface area contributed by atoms with Crippen LogP contribution in [-0.2, 0) is 0 Å². The molecule has 1 aliphatic carbocycles. The first-order valence-electron chi connectivity index (χ1n) is 7.84. The summed E-state index contributed by atoms with van der Waals surface area (Å²) in [5.74, 6) is 0.956. The Morgan fingerprint density at radius 2 is 1.57 bits per heavy atom. The minimum absolute atomic E-state index is 0.781. The van der Waals surface area contributed by atoms with Crippen LogP contribution in [0.1, 0.15) is 24.8 Å². The van der Waals surface area contributed by atoms with Gasteiger partial charge in [0.25, 0.3) is 0 Å². The lowest BCUT2D eigenvalue weighted by atomic mass is 10.0. The third-order valence-electron chi connectivity index (χ3n) is 3.84. The Kier molecular flexibility index (Phi) is 4.56. The highest BCUT2D eigenvalue weighted by Crippen LogP contribution is 2.23. The first kappa shape index (κ1) is 14.2. The smallest absolute Gasteiger partial charge is 0.119 e. The molecule has 110 valence electrons. The number of aryl methyl sites for hydroxylation is 1. The molecule has 2 nitrogen and oxygen atoms in total. The molecule has 1 fully saturated rings. The van der Waals surface area contributed by atoms with Crippen molar-refractivity contribution in [3.05, 3.63) is 54.1 Å². The van der Waals surface area contributed by atoms with E-state index in [-0.39, 0.29) is 0 Å². The number of nitrogens with one attached hydrogen (secondary N) is 1. The van der Waals surface area contributed by atoms with E-state index in [2.05, 4.69) is 60.8 Å². The molecule has 2 heteroatoms. The Hall–Kier alpha value is -1.80. The van der Waals surface area contributed by atoms with Gasteiger partial charge in [-0.15, -0.1) is 0 Å². The van der Waals surface area contributed by atoms with Crippen LogP contribution in [0.2, 0.25) is 0 Å². The molecule has 3 rings (SSSR count). The zero-order valence-corrected chi connectivity index (χ0v) is 12.6. The van der Waals surface area contributed by atoms with Crippen molar-refractivity contribution in [1.29, 1.82) is 0 Å². The highest BCUT2D eigenvalue weighted by Gasteiger charge is 2.19. The van der Waals surface area contributed by atoms with Gasteiger partial charge in [0.1, 0.15) is 5.75 Å². The number of hydrogen-bond donors (Lipinski definition) is 1. The van der Waals surface area contributed by atoms with Crippen molar-refractivity contribution in [2.24, 2.45) is 0 Å². The van der Waals surface area contributed by atoms with Crippen molar-refractivity contribution in [1.82, 2.24) is 5.32 Å². The van der Waals surface area contributed by atoms with Crippen molar-refractivity contribution in [2.45, 2.75) is 32.2 Å². The Labute approximate surface area is 127 Å². The second kappa shape index (κ2) is 6.77. The standard InChI is InChI=1S/C19H23NO/c1-15-3-5-16(6-4-15)17-7-11-19(12-8-17)21-14-2-13-20-18-9-10-18/h3-8,11-12,18,20H,2,9-10,13-14H2,1H3. The Morgan fingerprint density at radius 1 is 0.952 bits per heavy atom. The molecule has 2 aromatic rings. The molecular formula is C19H23NO. The van der Waals surface area contributed by atoms with E-state index in [1.54, 1.807) is 0 Å². The van der Waals surface area contributed by atoms with Crippen molar-refractivity contribution in [3.63, 3.8) is 0 Å². The average Bonchev–Trinajstić information content (AvgIpc) is 3.33. The molecule has 0 spiro atoms. The van der Waals surface area contributed by atoms with Crippen LogP contribution < -0.4 is 10.1 Å². The van der Waals surface area contributed by atoms with Gasteiger partial charge in [-0.2, -0.15) is 0 Å². The highest BCUT2D eigenvalue weighted by atomic mass is 16.5. The molecule has 0 saturated heterocycles. The van der Waals surface area contributed by atoms with Gasteiger partial charge < -0.3 is 10.1 Å². The van der Waals surface area contributed by atoms with Gasteiger partial charge in [-0.1, -0.05) is 42.0 Å². The fourth-order valence-corrected chi connectivity index (χ4v) is 2.35. The largest absolute Gasteiger partial charge is 0.494 e. The molecule has 1 saturated carbocycles. The first-order valence-corrected chi connectivity index (χ1v) is 7.84. The maximum atomic E-state index is 5.78. The number of rotatable bonds is 7. The second-order valence-corrected chi connectivity index (χ2v) is 5.82. The maximum absolute atomic E-state index is 5.78. The predicted molar refractivity (Wildman–Crippen MR) is 87.8 cm³/mol. The van der Waals surface area contributed by atoms with Crippen LogP contribution in [0.25, 0.3) is 11.1 Å². The molecule has 2 aromatic carbocycles. The van der Waals surface area contributed by atoms with Gasteiger partial charge in [0.05, 0.1) is 6.61 Å². The van der Waals surface area contributed by atoms with Crippen LogP contribution in [0.3, 0.4) is 0 Å². The fraction of sp³-hybridized carbons (Fsp3) is 0.368. The monoisotopic (exact) mass is 281 g/mol. The molecule has 0 atom stereocenters. The van der Waals surface area contributed by atoms with E-state index in [4.69, 9.17) is 4.74 Å². The van der Waals surface area contributed by atoms with Gasteiger partial charge in [-0.3, -0.25) is 0 Å². The minimum atomic E-state index is 0.781. The summed E-state index contributed by atoms with van der Waals surface area (Å²) in [5, 5.41) is 3.50. The van der Waals surface area contributed by atoms with E-state index < -0.39 is 0 Å². The Balaban J connectivity index is 1.47. The second-order valence-electron chi connectivity index (χ2n) is 5.82. The van der Waals surface area contributed by atoms with Crippen LogP contribution in [0.5, 0.6) is 5.75 Å². The summed E-state index contributed by atoms with van der Waals surface area (Å²) in [7, 11) is 0. The summed E-state index contributed by atoms with van der Waals surface area (Å²) in [6, 6.07) is 17.8. The van der Waals surface area contributed by atoms with E-state index in [1.807, 2.05) is 0 Å². The van der Waals surface area contributed by atoms with Crippen LogP contribution in [-0.4, -0.2) is 19.2 Å². The topological polar surface area (TPSA) is 21.3 Å². The Morgan fingerprint density at radius 3 is 2.19 bits per heavy atom. The fourth-order valence-electron chi connectivity index (χ4n) is 2.35. The third kappa shape index (κ3) is 4.33. The van der Waals surface area contributed by atoms with Gasteiger partial charge >= 0.3 is 0 Å². The van der Waals surface area contributed by atoms with Crippen molar-refractivity contribution >= 4 is 0 Å². The van der Waals surface area contributed by atoms with Crippen molar-refractivity contribution in [2.75, 3.05) is 13.2 Å². The summed E-state index contributed by atoms with van der Waals surface area (Å²) in [5.41, 5.74) is 3.78. The van der Waals surface area contributed by atoms with E-state index in [9.17, 15) is 0 Å². The van der Waals surface area contributed by atoms with Crippen LogP contribution in [0.4, 0.5) is 0 Å². The van der Waals surface area contributed by atoms with Gasteiger partial charge in [0.2, 0.25) is 0 Å². The quantitative estimate of drug-likeness (QED) is 0.769. The zero-order chi connectivity index (χ0) is 14.5. The molecule has 0 aliphatic heterocycles. The summed E-state index contributed by atoms with van der Waals surface area (Å²) in [4.78, 5) is 0. The van der Waals surface area contributed by atoms with Crippen LogP contribution >= 0.6 is 0 Å². The van der Waals surface area contributed by atoms with E-state index >= 15 is 0 Å². The molecule has 1 aliphatic rings. The SMILES string of the molecule is Cc1ccc(-c2ccc(OCCCNC3CC3)cc2)cc1. The third-order valence-corrected chi connectivity index (χ3v) is 3.84. The zero-order valence-electron chi connectivity index (χ0n) is 12.6. The molecule has 0 heterocycles. The lowest BCUT2D eigenvalue weighted by Crippen LogP contribution is -2.19. The van der Waals surface area contributed by atoms with Crippen LogP contribution in [0, 0.1) is 6.92 Å². The van der Waals surface area contributed by atoms with Gasteiger partial charge in [0.15, 0.2) is 0 Å². The molecule has 0 aromatic heterocycles. The molecule has 0 radical (unpaired) electrons. The molecule has 0 amide bonds. The summed E-state index contributed by atoms with van der Waals surface area (Å²) < 4.78 is 5.78. The van der Waals surface area contributed by atoms with Gasteiger partial charge in [-0.05, 0) is 56.0 Å². The highest BCUT2D eigenvalue weighted by molar-refractivity contribution is 5.64. The summed E-state index contributed by atoms with van der Waals surface area (Å²) in [6.45, 7) is 3.95. The molecule has 0 unspecified atom stereocenters. The van der Waals surface area contributed by atoms with E-state index in [0.29, 0.717) is 0 Å². The molecular weight excluding hydrogens is 258 g/mol. The predicted octanol–water partition coefficient (Wildman–Crippen LogP) is 4.18. The summed E-state index contributed by atoms with van der Waals surface area (Å²) in [6.07, 6.45) is 3.76. The summed E-state index contributed by atoms with van der Waals surface area (Å²) >= 11 is 0. The lowest BCUT2D eigenvalue weighted by Gasteiger charge is -2.08. The van der Waals surface area contributed by atoms with Gasteiger partial charge in [-0.25, -0.2) is 0 Å². The van der Waals surface area contributed by atoms with Crippen molar-refractivity contribution in [3.8, 4) is 16.9 Å². The number of hydrogen-bond acceptors (Lipinski definition) is 2. The molecule has 21 heavy (non-hydrogen) atoms. The molecule has 0 bridgehead atoms. The number of ether oxygens (including phenoxy) is 1. The van der Waals surface area contributed by atoms with Gasteiger partial charge in [0, 0.05) is 6.04 Å². The van der Waals surface area contributed by atoms with Crippen LogP contribution in [0.15, 0.2) is 48.5 Å². The minimum Gasteiger partial charge on any atom is -0.494 e.